The lowest BCUT2D eigenvalue weighted by molar-refractivity contribution is -0.145. The van der Waals surface area contributed by atoms with Gasteiger partial charge >= 0.3 is 11.9 Å². The zero-order chi connectivity index (χ0) is 20.4. The van der Waals surface area contributed by atoms with Crippen LogP contribution in [0.5, 0.6) is 11.5 Å². The van der Waals surface area contributed by atoms with Gasteiger partial charge < -0.3 is 24.5 Å². The molecule has 0 bridgehead atoms. The lowest BCUT2D eigenvalue weighted by Crippen LogP contribution is -2.13. The average Bonchev–Trinajstić information content (AvgIpc) is 2.65. The SMILES string of the molecule is COC(=O)CO/N=C1/C=C/CC/C=C/CCOC(=O)c2c(O)cc(O)cc2C1. The Hall–Kier alpha value is -3.29. The molecule has 0 saturated carbocycles. The van der Waals surface area contributed by atoms with Gasteiger partial charge in [0.2, 0.25) is 6.61 Å². The number of oxime groups is 1. The van der Waals surface area contributed by atoms with E-state index in [2.05, 4.69) is 9.89 Å². The zero-order valence-electron chi connectivity index (χ0n) is 15.6. The third-order valence-corrected chi connectivity index (χ3v) is 3.85. The molecule has 1 aliphatic rings. The number of nitrogens with zero attached hydrogens (tertiary/aromatic N) is 1. The van der Waals surface area contributed by atoms with Crippen molar-refractivity contribution in [2.24, 2.45) is 5.16 Å². The van der Waals surface area contributed by atoms with Gasteiger partial charge in [-0.25, -0.2) is 9.59 Å². The number of phenolic OH excluding ortho intramolecular Hbond substituents is 2. The van der Waals surface area contributed by atoms with Gasteiger partial charge in [0.25, 0.3) is 0 Å². The van der Waals surface area contributed by atoms with Crippen LogP contribution in [0.3, 0.4) is 0 Å². The van der Waals surface area contributed by atoms with E-state index in [9.17, 15) is 19.8 Å². The van der Waals surface area contributed by atoms with Gasteiger partial charge in [-0.15, -0.1) is 0 Å². The van der Waals surface area contributed by atoms with Gasteiger partial charge in [0, 0.05) is 12.5 Å². The molecular weight excluding hydrogens is 366 g/mol. The van der Waals surface area contributed by atoms with Crippen LogP contribution in [0.25, 0.3) is 0 Å². The molecule has 2 N–H and O–H groups in total. The van der Waals surface area contributed by atoms with Crippen LogP contribution in [-0.4, -0.2) is 48.2 Å². The van der Waals surface area contributed by atoms with Crippen molar-refractivity contribution in [1.29, 1.82) is 0 Å². The molecule has 0 fully saturated rings. The van der Waals surface area contributed by atoms with E-state index in [4.69, 9.17) is 9.57 Å². The first-order chi connectivity index (χ1) is 13.5. The van der Waals surface area contributed by atoms with Gasteiger partial charge in [0.05, 0.1) is 19.4 Å². The highest BCUT2D eigenvalue weighted by molar-refractivity contribution is 6.00. The van der Waals surface area contributed by atoms with E-state index in [1.807, 2.05) is 18.2 Å². The molecule has 0 aromatic heterocycles. The van der Waals surface area contributed by atoms with Gasteiger partial charge in [0.15, 0.2) is 0 Å². The Morgan fingerprint density at radius 1 is 1.18 bits per heavy atom. The van der Waals surface area contributed by atoms with E-state index < -0.39 is 11.9 Å². The van der Waals surface area contributed by atoms with Crippen LogP contribution in [0.15, 0.2) is 41.6 Å². The number of fused-ring (bicyclic) bond motifs is 1. The van der Waals surface area contributed by atoms with E-state index in [1.165, 1.54) is 13.2 Å². The molecule has 0 amide bonds. The fraction of sp³-hybridized carbons (Fsp3) is 0.350. The maximum Gasteiger partial charge on any atom is 0.346 e. The van der Waals surface area contributed by atoms with Gasteiger partial charge in [-0.1, -0.05) is 23.4 Å². The van der Waals surface area contributed by atoms with Crippen molar-refractivity contribution >= 4 is 17.7 Å². The van der Waals surface area contributed by atoms with Crippen molar-refractivity contribution < 1.29 is 34.1 Å². The van der Waals surface area contributed by atoms with Crippen LogP contribution in [-0.2, 0) is 25.5 Å². The molecule has 0 aliphatic carbocycles. The van der Waals surface area contributed by atoms with Gasteiger partial charge in [0.1, 0.15) is 17.1 Å². The number of carbonyl (C=O) groups excluding carboxylic acids is 2. The summed E-state index contributed by atoms with van der Waals surface area (Å²) >= 11 is 0. The summed E-state index contributed by atoms with van der Waals surface area (Å²) in [6.45, 7) is -0.190. The Bertz CT molecular complexity index is 796. The minimum Gasteiger partial charge on any atom is -0.508 e. The van der Waals surface area contributed by atoms with E-state index in [1.54, 1.807) is 6.08 Å². The Kier molecular flexibility index (Phi) is 8.08. The zero-order valence-corrected chi connectivity index (χ0v) is 15.6. The van der Waals surface area contributed by atoms with Crippen LogP contribution in [0, 0.1) is 0 Å². The molecule has 28 heavy (non-hydrogen) atoms. The van der Waals surface area contributed by atoms with E-state index in [0.29, 0.717) is 17.7 Å². The Morgan fingerprint density at radius 3 is 2.71 bits per heavy atom. The lowest BCUT2D eigenvalue weighted by Gasteiger charge is -2.12. The van der Waals surface area contributed by atoms with Gasteiger partial charge in [-0.05, 0) is 37.0 Å². The second-order valence-electron chi connectivity index (χ2n) is 5.98. The number of allylic oxidation sites excluding steroid dienone is 3. The minimum absolute atomic E-state index is 0.0482. The van der Waals surface area contributed by atoms with Crippen LogP contribution in [0.1, 0.15) is 35.2 Å². The molecule has 1 aromatic rings. The van der Waals surface area contributed by atoms with Gasteiger partial charge in [-0.3, -0.25) is 0 Å². The molecule has 8 nitrogen and oxygen atoms in total. The fourth-order valence-electron chi connectivity index (χ4n) is 2.53. The van der Waals surface area contributed by atoms with Crippen molar-refractivity contribution in [3.63, 3.8) is 0 Å². The highest BCUT2D eigenvalue weighted by Gasteiger charge is 2.20. The average molecular weight is 389 g/mol. The predicted molar refractivity (Wildman–Crippen MR) is 101 cm³/mol. The number of cyclic esters (lactones) is 1. The molecule has 0 atom stereocenters. The third-order valence-electron chi connectivity index (χ3n) is 3.85. The largest absolute Gasteiger partial charge is 0.508 e. The lowest BCUT2D eigenvalue weighted by atomic mass is 10.00. The summed E-state index contributed by atoms with van der Waals surface area (Å²) in [7, 11) is 1.24. The number of carbonyl (C=O) groups is 2. The summed E-state index contributed by atoms with van der Waals surface area (Å²) in [5.74, 6) is -1.87. The standard InChI is InChI=1S/C20H23NO7/c1-26-18(24)13-28-21-15-8-6-4-2-3-5-7-9-27-20(25)19-14(10-15)11-16(22)12-17(19)23/h3,5-6,8,11-12,22-23H,2,4,7,9-10,13H2,1H3/b5-3+,8-6+,21-15-. The monoisotopic (exact) mass is 389 g/mol. The molecule has 2 rings (SSSR count). The highest BCUT2D eigenvalue weighted by Crippen LogP contribution is 2.29. The number of esters is 2. The molecule has 1 aromatic carbocycles. The number of methoxy groups -OCH3 is 1. The molecule has 1 heterocycles. The van der Waals surface area contributed by atoms with Crippen LogP contribution in [0.4, 0.5) is 0 Å². The maximum atomic E-state index is 12.4. The Labute approximate surface area is 162 Å². The molecule has 150 valence electrons. The molecule has 0 unspecified atom stereocenters. The summed E-state index contributed by atoms with van der Waals surface area (Å²) in [5, 5.41) is 23.9. The normalized spacial score (nSPS) is 19.0. The number of rotatable bonds is 3. The van der Waals surface area contributed by atoms with Gasteiger partial charge in [-0.2, -0.15) is 0 Å². The van der Waals surface area contributed by atoms with Crippen molar-refractivity contribution in [1.82, 2.24) is 0 Å². The summed E-state index contributed by atoms with van der Waals surface area (Å²) in [5.41, 5.74) is 0.664. The third kappa shape index (κ3) is 6.46. The first kappa shape index (κ1) is 21.0. The fourth-order valence-corrected chi connectivity index (χ4v) is 2.53. The number of benzene rings is 1. The van der Waals surface area contributed by atoms with Crippen LogP contribution in [0.2, 0.25) is 0 Å². The quantitative estimate of drug-likeness (QED) is 0.464. The maximum absolute atomic E-state index is 12.4. The summed E-state index contributed by atoms with van der Waals surface area (Å²) in [6, 6.07) is 2.43. The molecule has 0 spiro atoms. The summed E-state index contributed by atoms with van der Waals surface area (Å²) in [6.07, 6.45) is 9.68. The summed E-state index contributed by atoms with van der Waals surface area (Å²) < 4.78 is 9.71. The van der Waals surface area contributed by atoms with E-state index >= 15 is 0 Å². The smallest absolute Gasteiger partial charge is 0.346 e. The topological polar surface area (TPSA) is 115 Å². The molecule has 8 heteroatoms. The molecule has 1 aliphatic heterocycles. The predicted octanol–water partition coefficient (Wildman–Crippen LogP) is 2.64. The van der Waals surface area contributed by atoms with Crippen LogP contribution >= 0.6 is 0 Å². The van der Waals surface area contributed by atoms with Crippen molar-refractivity contribution in [2.45, 2.75) is 25.7 Å². The second kappa shape index (κ2) is 10.8. The molecule has 0 saturated heterocycles. The molecular formula is C20H23NO7. The van der Waals surface area contributed by atoms with Crippen molar-refractivity contribution in [3.8, 4) is 11.5 Å². The number of hydrogen-bond acceptors (Lipinski definition) is 8. The number of hydrogen-bond donors (Lipinski definition) is 2. The first-order valence-corrected chi connectivity index (χ1v) is 8.80. The van der Waals surface area contributed by atoms with E-state index in [-0.39, 0.29) is 36.7 Å². The Morgan fingerprint density at radius 2 is 1.93 bits per heavy atom. The second-order valence-corrected chi connectivity index (χ2v) is 5.98. The van der Waals surface area contributed by atoms with E-state index in [0.717, 1.165) is 18.9 Å². The van der Waals surface area contributed by atoms with Crippen molar-refractivity contribution in [2.75, 3.05) is 20.3 Å². The highest BCUT2D eigenvalue weighted by atomic mass is 16.6. The number of ether oxygens (including phenoxy) is 2. The number of phenols is 2. The van der Waals surface area contributed by atoms with Crippen molar-refractivity contribution in [3.05, 3.63) is 47.6 Å². The molecule has 0 radical (unpaired) electrons. The first-order valence-electron chi connectivity index (χ1n) is 8.80. The van der Waals surface area contributed by atoms with Crippen LogP contribution < -0.4 is 0 Å². The Balaban J connectivity index is 2.36. The minimum atomic E-state index is -0.697. The number of aromatic hydroxyl groups is 2. The summed E-state index contributed by atoms with van der Waals surface area (Å²) in [4.78, 5) is 28.6.